The second-order valence-corrected chi connectivity index (χ2v) is 9.51. The molecule has 0 aliphatic carbocycles. The van der Waals surface area contributed by atoms with Crippen LogP contribution in [0.5, 0.6) is 0 Å². The molecule has 0 radical (unpaired) electrons. The van der Waals surface area contributed by atoms with Crippen molar-refractivity contribution in [2.45, 2.75) is 66.3 Å². The lowest BCUT2D eigenvalue weighted by Crippen LogP contribution is -2.43. The molecule has 1 saturated heterocycles. The standard InChI is InChI=1S/C26H37FN4O2/c1-18(2)17-31-20(4)23(19(3)29-31)9-10-25(32)30-15-12-22(13-16-30)26(33)28-14-11-21-7-5-6-8-24(21)27/h5-8,18,22H,9-17H2,1-4H3,(H,28,33). The summed E-state index contributed by atoms with van der Waals surface area (Å²) < 4.78 is 15.8. The van der Waals surface area contributed by atoms with Gasteiger partial charge in [0.15, 0.2) is 0 Å². The average Bonchev–Trinajstić information content (AvgIpc) is 3.05. The van der Waals surface area contributed by atoms with Crippen LogP contribution < -0.4 is 5.32 Å². The van der Waals surface area contributed by atoms with Crippen LogP contribution in [0, 0.1) is 31.5 Å². The van der Waals surface area contributed by atoms with E-state index >= 15 is 0 Å². The number of benzene rings is 1. The van der Waals surface area contributed by atoms with Crippen molar-refractivity contribution in [3.8, 4) is 0 Å². The van der Waals surface area contributed by atoms with Crippen LogP contribution in [0.15, 0.2) is 24.3 Å². The van der Waals surface area contributed by atoms with Crippen LogP contribution >= 0.6 is 0 Å². The van der Waals surface area contributed by atoms with Gasteiger partial charge in [-0.15, -0.1) is 0 Å². The Labute approximate surface area is 196 Å². The van der Waals surface area contributed by atoms with E-state index in [2.05, 4.69) is 35.9 Å². The lowest BCUT2D eigenvalue weighted by atomic mass is 9.95. The van der Waals surface area contributed by atoms with Gasteiger partial charge in [-0.2, -0.15) is 5.10 Å². The number of amides is 2. The number of carbonyl (C=O) groups excluding carboxylic acids is 2. The highest BCUT2D eigenvalue weighted by atomic mass is 19.1. The molecular weight excluding hydrogens is 419 g/mol. The summed E-state index contributed by atoms with van der Waals surface area (Å²) in [4.78, 5) is 27.2. The lowest BCUT2D eigenvalue weighted by molar-refractivity contribution is -0.135. The number of rotatable bonds is 9. The summed E-state index contributed by atoms with van der Waals surface area (Å²) in [7, 11) is 0. The maximum absolute atomic E-state index is 13.7. The van der Waals surface area contributed by atoms with E-state index in [1.807, 2.05) is 11.8 Å². The van der Waals surface area contributed by atoms with Crippen LogP contribution in [0.4, 0.5) is 4.39 Å². The highest BCUT2D eigenvalue weighted by Crippen LogP contribution is 2.21. The molecular formula is C26H37FN4O2. The molecule has 2 amide bonds. The van der Waals surface area contributed by atoms with Crippen molar-refractivity contribution >= 4 is 11.8 Å². The third-order valence-electron chi connectivity index (χ3n) is 6.53. The Hall–Kier alpha value is -2.70. The van der Waals surface area contributed by atoms with Gasteiger partial charge in [-0.3, -0.25) is 14.3 Å². The van der Waals surface area contributed by atoms with Crippen LogP contribution in [0.25, 0.3) is 0 Å². The van der Waals surface area contributed by atoms with E-state index < -0.39 is 0 Å². The Morgan fingerprint density at radius 1 is 1.15 bits per heavy atom. The molecule has 1 fully saturated rings. The minimum Gasteiger partial charge on any atom is -0.356 e. The molecule has 6 nitrogen and oxygen atoms in total. The lowest BCUT2D eigenvalue weighted by Gasteiger charge is -2.31. The predicted octanol–water partition coefficient (Wildman–Crippen LogP) is 3.83. The first kappa shape index (κ1) is 24.9. The van der Waals surface area contributed by atoms with Gasteiger partial charge in [0, 0.05) is 44.2 Å². The number of halogens is 1. The number of nitrogens with one attached hydrogen (secondary N) is 1. The van der Waals surface area contributed by atoms with Crippen molar-refractivity contribution in [1.82, 2.24) is 20.0 Å². The highest BCUT2D eigenvalue weighted by Gasteiger charge is 2.27. The molecule has 1 aromatic carbocycles. The van der Waals surface area contributed by atoms with E-state index in [0.29, 0.717) is 63.2 Å². The first-order valence-corrected chi connectivity index (χ1v) is 12.1. The molecule has 0 unspecified atom stereocenters. The SMILES string of the molecule is Cc1nn(CC(C)C)c(C)c1CCC(=O)N1CCC(C(=O)NCCc2ccccc2F)CC1. The zero-order valence-electron chi connectivity index (χ0n) is 20.4. The van der Waals surface area contributed by atoms with Crippen LogP contribution in [-0.4, -0.2) is 46.1 Å². The third-order valence-corrected chi connectivity index (χ3v) is 6.53. The molecule has 3 rings (SSSR count). The summed E-state index contributed by atoms with van der Waals surface area (Å²) in [5.41, 5.74) is 3.94. The summed E-state index contributed by atoms with van der Waals surface area (Å²) in [5, 5.41) is 7.57. The molecule has 180 valence electrons. The minimum atomic E-state index is -0.240. The van der Waals surface area contributed by atoms with Gasteiger partial charge < -0.3 is 10.2 Å². The monoisotopic (exact) mass is 456 g/mol. The maximum atomic E-state index is 13.7. The Bertz CT molecular complexity index is 961. The number of piperidine rings is 1. The molecule has 1 aliphatic heterocycles. The summed E-state index contributed by atoms with van der Waals surface area (Å²) in [6.07, 6.45) is 2.98. The van der Waals surface area contributed by atoms with Crippen molar-refractivity contribution < 1.29 is 14.0 Å². The van der Waals surface area contributed by atoms with Crippen LogP contribution in [0.1, 0.15) is 55.6 Å². The number of carbonyl (C=O) groups is 2. The van der Waals surface area contributed by atoms with Gasteiger partial charge in [0.2, 0.25) is 11.8 Å². The van der Waals surface area contributed by atoms with Gasteiger partial charge in [-0.1, -0.05) is 32.0 Å². The van der Waals surface area contributed by atoms with E-state index in [4.69, 9.17) is 0 Å². The summed E-state index contributed by atoms with van der Waals surface area (Å²) in [5.74, 6) is 0.339. The van der Waals surface area contributed by atoms with E-state index in [9.17, 15) is 14.0 Å². The van der Waals surface area contributed by atoms with Crippen LogP contribution in [-0.2, 0) is 29.0 Å². The minimum absolute atomic E-state index is 0.00209. The van der Waals surface area contributed by atoms with Gasteiger partial charge >= 0.3 is 0 Å². The molecule has 33 heavy (non-hydrogen) atoms. The Morgan fingerprint density at radius 2 is 1.85 bits per heavy atom. The van der Waals surface area contributed by atoms with Gasteiger partial charge in [-0.25, -0.2) is 4.39 Å². The van der Waals surface area contributed by atoms with Gasteiger partial charge in [0.05, 0.1) is 5.69 Å². The average molecular weight is 457 g/mol. The zero-order valence-corrected chi connectivity index (χ0v) is 20.4. The molecule has 0 bridgehead atoms. The number of aromatic nitrogens is 2. The first-order chi connectivity index (χ1) is 15.8. The second kappa shape index (κ2) is 11.4. The molecule has 0 atom stereocenters. The number of aryl methyl sites for hydroxylation is 1. The number of nitrogens with zero attached hydrogens (tertiary/aromatic N) is 3. The van der Waals surface area contributed by atoms with Crippen LogP contribution in [0.2, 0.25) is 0 Å². The van der Waals surface area contributed by atoms with Gasteiger partial charge in [0.1, 0.15) is 5.82 Å². The Kier molecular flexibility index (Phi) is 8.64. The van der Waals surface area contributed by atoms with Crippen molar-refractivity contribution in [2.75, 3.05) is 19.6 Å². The molecule has 1 N–H and O–H groups in total. The van der Waals surface area contributed by atoms with E-state index in [0.717, 1.165) is 17.9 Å². The number of likely N-dealkylation sites (tertiary alicyclic amines) is 1. The number of hydrogen-bond acceptors (Lipinski definition) is 3. The molecule has 1 aliphatic rings. The van der Waals surface area contributed by atoms with Crippen molar-refractivity contribution in [2.24, 2.45) is 11.8 Å². The summed E-state index contributed by atoms with van der Waals surface area (Å²) >= 11 is 0. The molecule has 0 spiro atoms. The Morgan fingerprint density at radius 3 is 2.52 bits per heavy atom. The normalized spacial score (nSPS) is 14.7. The summed E-state index contributed by atoms with van der Waals surface area (Å²) in [6, 6.07) is 6.64. The molecule has 2 aromatic rings. The fourth-order valence-electron chi connectivity index (χ4n) is 4.57. The van der Waals surface area contributed by atoms with E-state index in [-0.39, 0.29) is 23.5 Å². The highest BCUT2D eigenvalue weighted by molar-refractivity contribution is 5.80. The van der Waals surface area contributed by atoms with E-state index in [1.54, 1.807) is 18.2 Å². The van der Waals surface area contributed by atoms with E-state index in [1.165, 1.54) is 11.6 Å². The van der Waals surface area contributed by atoms with Gasteiger partial charge in [-0.05, 0) is 62.6 Å². The zero-order chi connectivity index (χ0) is 24.0. The van der Waals surface area contributed by atoms with Crippen molar-refractivity contribution in [3.63, 3.8) is 0 Å². The van der Waals surface area contributed by atoms with Crippen molar-refractivity contribution in [3.05, 3.63) is 52.6 Å². The fourth-order valence-corrected chi connectivity index (χ4v) is 4.57. The third kappa shape index (κ3) is 6.65. The largest absolute Gasteiger partial charge is 0.356 e. The fraction of sp³-hybridized carbons (Fsp3) is 0.577. The predicted molar refractivity (Wildman–Crippen MR) is 127 cm³/mol. The van der Waals surface area contributed by atoms with Gasteiger partial charge in [0.25, 0.3) is 0 Å². The van der Waals surface area contributed by atoms with Crippen molar-refractivity contribution in [1.29, 1.82) is 0 Å². The van der Waals surface area contributed by atoms with Crippen LogP contribution in [0.3, 0.4) is 0 Å². The maximum Gasteiger partial charge on any atom is 0.223 e. The quantitative estimate of drug-likeness (QED) is 0.624. The smallest absolute Gasteiger partial charge is 0.223 e. The molecule has 7 heteroatoms. The Balaban J connectivity index is 1.41. The molecule has 0 saturated carbocycles. The molecule has 1 aromatic heterocycles. The summed E-state index contributed by atoms with van der Waals surface area (Å²) in [6.45, 7) is 11.0. The molecule has 2 heterocycles. The topological polar surface area (TPSA) is 67.2 Å². The first-order valence-electron chi connectivity index (χ1n) is 12.1. The second-order valence-electron chi connectivity index (χ2n) is 9.51. The number of hydrogen-bond donors (Lipinski definition) is 1.